The van der Waals surface area contributed by atoms with Crippen LogP contribution >= 0.6 is 11.6 Å². The van der Waals surface area contributed by atoms with Crippen molar-refractivity contribution in [1.29, 1.82) is 0 Å². The summed E-state index contributed by atoms with van der Waals surface area (Å²) in [6, 6.07) is 10.0. The number of rotatable bonds is 2. The van der Waals surface area contributed by atoms with E-state index in [0.717, 1.165) is 0 Å². The third-order valence-electron chi connectivity index (χ3n) is 2.25. The van der Waals surface area contributed by atoms with Crippen LogP contribution in [0.3, 0.4) is 0 Å². The molecule has 86 valence electrons. The Labute approximate surface area is 104 Å². The highest BCUT2D eigenvalue weighted by atomic mass is 35.5. The highest BCUT2D eigenvalue weighted by Crippen LogP contribution is 2.17. The zero-order chi connectivity index (χ0) is 12.3. The first-order chi connectivity index (χ1) is 8.16. The van der Waals surface area contributed by atoms with Crippen molar-refractivity contribution in [3.8, 4) is 5.75 Å². The Morgan fingerprint density at radius 2 is 1.94 bits per heavy atom. The van der Waals surface area contributed by atoms with E-state index in [-0.39, 0.29) is 0 Å². The number of aryl methyl sites for hydroxylation is 1. The lowest BCUT2D eigenvalue weighted by Crippen LogP contribution is -2.10. The smallest absolute Gasteiger partial charge is 0.345 e. The molecule has 0 bridgehead atoms. The highest BCUT2D eigenvalue weighted by Gasteiger charge is 2.11. The Morgan fingerprint density at radius 1 is 1.24 bits per heavy atom. The Kier molecular flexibility index (Phi) is 3.40. The average Bonchev–Trinajstić information content (AvgIpc) is 2.32. The van der Waals surface area contributed by atoms with Crippen LogP contribution in [0, 0.1) is 6.92 Å². The molecule has 1 aromatic heterocycles. The predicted octanol–water partition coefficient (Wildman–Crippen LogP) is 3.26. The lowest BCUT2D eigenvalue weighted by Gasteiger charge is -2.05. The summed E-state index contributed by atoms with van der Waals surface area (Å²) < 4.78 is 5.20. The van der Waals surface area contributed by atoms with E-state index in [4.69, 9.17) is 16.3 Å². The molecular weight excluding hydrogens is 238 g/mol. The first-order valence-electron chi connectivity index (χ1n) is 5.06. The van der Waals surface area contributed by atoms with Crippen molar-refractivity contribution >= 4 is 17.6 Å². The summed E-state index contributed by atoms with van der Waals surface area (Å²) in [7, 11) is 0. The van der Waals surface area contributed by atoms with Crippen LogP contribution in [0.4, 0.5) is 0 Å². The van der Waals surface area contributed by atoms with Crippen molar-refractivity contribution in [1.82, 2.24) is 4.98 Å². The molecule has 1 aromatic carbocycles. The molecule has 2 aromatic rings. The van der Waals surface area contributed by atoms with Gasteiger partial charge in [0, 0.05) is 11.2 Å². The molecule has 0 aliphatic heterocycles. The second kappa shape index (κ2) is 4.97. The monoisotopic (exact) mass is 247 g/mol. The summed E-state index contributed by atoms with van der Waals surface area (Å²) in [6.07, 6.45) is 1.63. The number of benzene rings is 1. The molecule has 17 heavy (non-hydrogen) atoms. The Hall–Kier alpha value is -1.87. The molecule has 0 radical (unpaired) electrons. The van der Waals surface area contributed by atoms with E-state index < -0.39 is 5.97 Å². The number of esters is 1. The summed E-state index contributed by atoms with van der Waals surface area (Å²) in [6.45, 7) is 1.76. The van der Waals surface area contributed by atoms with E-state index >= 15 is 0 Å². The van der Waals surface area contributed by atoms with Gasteiger partial charge in [-0.1, -0.05) is 11.6 Å². The molecule has 3 nitrogen and oxygen atoms in total. The van der Waals surface area contributed by atoms with Gasteiger partial charge < -0.3 is 4.74 Å². The summed E-state index contributed by atoms with van der Waals surface area (Å²) in [5, 5.41) is 0.599. The van der Waals surface area contributed by atoms with Gasteiger partial charge in [-0.25, -0.2) is 4.79 Å². The molecule has 0 fully saturated rings. The number of aromatic nitrogens is 1. The molecule has 0 saturated heterocycles. The van der Waals surface area contributed by atoms with Gasteiger partial charge >= 0.3 is 5.97 Å². The molecule has 0 atom stereocenters. The fourth-order valence-corrected chi connectivity index (χ4v) is 1.49. The van der Waals surface area contributed by atoms with Crippen molar-refractivity contribution < 1.29 is 9.53 Å². The molecule has 0 aliphatic carbocycles. The predicted molar refractivity (Wildman–Crippen MR) is 65.4 cm³/mol. The zero-order valence-corrected chi connectivity index (χ0v) is 9.94. The van der Waals surface area contributed by atoms with Gasteiger partial charge in [-0.05, 0) is 43.3 Å². The molecule has 1 heterocycles. The van der Waals surface area contributed by atoms with Crippen LogP contribution in [0.25, 0.3) is 0 Å². The number of nitrogens with zero attached hydrogens (tertiary/aromatic N) is 1. The minimum Gasteiger partial charge on any atom is -0.423 e. The summed E-state index contributed by atoms with van der Waals surface area (Å²) >= 11 is 5.74. The quantitative estimate of drug-likeness (QED) is 0.604. The van der Waals surface area contributed by atoms with E-state index in [2.05, 4.69) is 4.98 Å². The van der Waals surface area contributed by atoms with Gasteiger partial charge in [0.15, 0.2) is 0 Å². The maximum atomic E-state index is 11.8. The lowest BCUT2D eigenvalue weighted by atomic mass is 10.2. The van der Waals surface area contributed by atoms with Crippen LogP contribution in [-0.4, -0.2) is 11.0 Å². The van der Waals surface area contributed by atoms with E-state index in [9.17, 15) is 4.79 Å². The van der Waals surface area contributed by atoms with Crippen molar-refractivity contribution in [3.63, 3.8) is 0 Å². The fraction of sp³-hybridized carbons (Fsp3) is 0.0769. The Morgan fingerprint density at radius 3 is 2.59 bits per heavy atom. The fourth-order valence-electron chi connectivity index (χ4n) is 1.36. The minimum absolute atomic E-state index is 0.419. The number of carbonyl (C=O) groups excluding carboxylic acids is 1. The number of ether oxygens (including phenoxy) is 1. The normalized spacial score (nSPS) is 10.0. The van der Waals surface area contributed by atoms with E-state index in [0.29, 0.717) is 22.0 Å². The first kappa shape index (κ1) is 11.6. The van der Waals surface area contributed by atoms with Crippen LogP contribution in [0.2, 0.25) is 5.02 Å². The lowest BCUT2D eigenvalue weighted by molar-refractivity contribution is 0.0733. The van der Waals surface area contributed by atoms with E-state index in [1.165, 1.54) is 0 Å². The van der Waals surface area contributed by atoms with Crippen LogP contribution in [-0.2, 0) is 0 Å². The van der Waals surface area contributed by atoms with Crippen molar-refractivity contribution in [2.45, 2.75) is 6.92 Å². The summed E-state index contributed by atoms with van der Waals surface area (Å²) in [5.74, 6) is 0.0422. The van der Waals surface area contributed by atoms with Crippen LogP contribution in [0.15, 0.2) is 42.6 Å². The summed E-state index contributed by atoms with van der Waals surface area (Å²) in [5.41, 5.74) is 1.11. The third kappa shape index (κ3) is 2.82. The standard InChI is InChI=1S/C13H10ClNO2/c1-9-12(3-2-8-15-9)13(16)17-11-6-4-10(14)5-7-11/h2-8H,1H3. The maximum Gasteiger partial charge on any atom is 0.345 e. The molecule has 0 N–H and O–H groups in total. The topological polar surface area (TPSA) is 39.2 Å². The van der Waals surface area contributed by atoms with Gasteiger partial charge in [0.25, 0.3) is 0 Å². The zero-order valence-electron chi connectivity index (χ0n) is 9.18. The van der Waals surface area contributed by atoms with Crippen molar-refractivity contribution in [3.05, 3.63) is 58.9 Å². The van der Waals surface area contributed by atoms with Crippen molar-refractivity contribution in [2.75, 3.05) is 0 Å². The van der Waals surface area contributed by atoms with Crippen LogP contribution in [0.1, 0.15) is 16.1 Å². The van der Waals surface area contributed by atoms with Gasteiger partial charge in [-0.15, -0.1) is 0 Å². The largest absolute Gasteiger partial charge is 0.423 e. The molecular formula is C13H10ClNO2. The Bertz CT molecular complexity index is 537. The maximum absolute atomic E-state index is 11.8. The van der Waals surface area contributed by atoms with Gasteiger partial charge in [0.1, 0.15) is 5.75 Å². The number of pyridine rings is 1. The van der Waals surface area contributed by atoms with E-state index in [1.807, 2.05) is 0 Å². The number of carbonyl (C=O) groups is 1. The second-order valence-corrected chi connectivity index (χ2v) is 3.92. The number of hydrogen-bond donors (Lipinski definition) is 0. The first-order valence-corrected chi connectivity index (χ1v) is 5.44. The van der Waals surface area contributed by atoms with Gasteiger partial charge in [0.05, 0.1) is 11.3 Å². The number of halogens is 1. The molecule has 0 saturated carbocycles. The van der Waals surface area contributed by atoms with Crippen molar-refractivity contribution in [2.24, 2.45) is 0 Å². The third-order valence-corrected chi connectivity index (χ3v) is 2.50. The molecule has 2 rings (SSSR count). The van der Waals surface area contributed by atoms with Crippen LogP contribution < -0.4 is 4.74 Å². The van der Waals surface area contributed by atoms with Crippen LogP contribution in [0.5, 0.6) is 5.75 Å². The molecule has 0 unspecified atom stereocenters. The molecule has 0 spiro atoms. The highest BCUT2D eigenvalue weighted by molar-refractivity contribution is 6.30. The van der Waals surface area contributed by atoms with Gasteiger partial charge in [0.2, 0.25) is 0 Å². The summed E-state index contributed by atoms with van der Waals surface area (Å²) in [4.78, 5) is 15.9. The second-order valence-electron chi connectivity index (χ2n) is 3.48. The molecule has 0 aliphatic rings. The van der Waals surface area contributed by atoms with Gasteiger partial charge in [-0.2, -0.15) is 0 Å². The van der Waals surface area contributed by atoms with Gasteiger partial charge in [-0.3, -0.25) is 4.98 Å². The minimum atomic E-state index is -0.419. The SMILES string of the molecule is Cc1ncccc1C(=O)Oc1ccc(Cl)cc1. The molecule has 4 heteroatoms. The molecule has 0 amide bonds. The number of hydrogen-bond acceptors (Lipinski definition) is 3. The van der Waals surface area contributed by atoms with E-state index in [1.54, 1.807) is 49.5 Å². The average molecular weight is 248 g/mol. The Balaban J connectivity index is 2.17.